The number of halogens is 2. The van der Waals surface area contributed by atoms with Gasteiger partial charge < -0.3 is 5.32 Å². The lowest BCUT2D eigenvalue weighted by Gasteiger charge is -2.23. The van der Waals surface area contributed by atoms with Crippen molar-refractivity contribution in [2.45, 2.75) is 50.6 Å². The van der Waals surface area contributed by atoms with Gasteiger partial charge in [-0.3, -0.25) is 4.99 Å². The molecule has 5 heteroatoms. The normalized spacial score (nSPS) is 21.4. The van der Waals surface area contributed by atoms with Crippen LogP contribution < -0.4 is 5.32 Å². The third-order valence-electron chi connectivity index (χ3n) is 5.96. The summed E-state index contributed by atoms with van der Waals surface area (Å²) in [5.74, 6) is 0.760. The van der Waals surface area contributed by atoms with Crippen LogP contribution in [0.4, 0.5) is 4.39 Å². The van der Waals surface area contributed by atoms with Gasteiger partial charge >= 0.3 is 0 Å². The van der Waals surface area contributed by atoms with E-state index in [1.807, 2.05) is 6.07 Å². The molecule has 1 fully saturated rings. The topological polar surface area (TPSA) is 24.4 Å². The molecule has 2 unspecified atom stereocenters. The molecule has 0 saturated heterocycles. The Bertz CT molecular complexity index is 1060. The summed E-state index contributed by atoms with van der Waals surface area (Å²) in [5.41, 5.74) is 2.98. The van der Waals surface area contributed by atoms with Gasteiger partial charge in [-0.2, -0.15) is 0 Å². The van der Waals surface area contributed by atoms with Crippen molar-refractivity contribution < 1.29 is 4.39 Å². The summed E-state index contributed by atoms with van der Waals surface area (Å²) in [6, 6.07) is 12.6. The fraction of sp³-hybridized carbons (Fsp3) is 0.348. The highest BCUT2D eigenvalue weighted by Gasteiger charge is 2.32. The van der Waals surface area contributed by atoms with E-state index >= 15 is 0 Å². The Morgan fingerprint density at radius 3 is 2.93 bits per heavy atom. The van der Waals surface area contributed by atoms with Crippen LogP contribution in [0.1, 0.15) is 42.4 Å². The Labute approximate surface area is 177 Å². The van der Waals surface area contributed by atoms with Gasteiger partial charge in [0.25, 0.3) is 0 Å². The first-order valence-electron chi connectivity index (χ1n) is 9.97. The van der Waals surface area contributed by atoms with E-state index in [1.54, 1.807) is 23.5 Å². The Hall–Kier alpha value is -1.72. The Balaban J connectivity index is 1.45. The van der Waals surface area contributed by atoms with Crippen LogP contribution in [0.2, 0.25) is 0 Å². The third kappa shape index (κ3) is 3.39. The highest BCUT2D eigenvalue weighted by atomic mass is 79.9. The van der Waals surface area contributed by atoms with Crippen LogP contribution in [0.5, 0.6) is 0 Å². The molecule has 1 saturated carbocycles. The summed E-state index contributed by atoms with van der Waals surface area (Å²) in [4.78, 5) is 4.93. The van der Waals surface area contributed by atoms with Crippen LogP contribution in [0.3, 0.4) is 0 Å². The molecule has 2 aromatic carbocycles. The van der Waals surface area contributed by atoms with Gasteiger partial charge in [-0.25, -0.2) is 4.39 Å². The van der Waals surface area contributed by atoms with Crippen LogP contribution in [0.25, 0.3) is 10.1 Å². The van der Waals surface area contributed by atoms with Crippen LogP contribution in [-0.2, 0) is 12.8 Å². The number of amidine groups is 1. The van der Waals surface area contributed by atoms with E-state index in [4.69, 9.17) is 4.99 Å². The zero-order chi connectivity index (χ0) is 19.1. The summed E-state index contributed by atoms with van der Waals surface area (Å²) in [6.45, 7) is 0. The van der Waals surface area contributed by atoms with Crippen molar-refractivity contribution in [1.29, 1.82) is 0 Å². The lowest BCUT2D eigenvalue weighted by atomic mass is 9.92. The van der Waals surface area contributed by atoms with Crippen molar-refractivity contribution in [3.63, 3.8) is 0 Å². The number of thiophene rings is 1. The molecule has 2 heterocycles. The average Bonchev–Trinajstić information content (AvgIpc) is 3.33. The number of hydrogen-bond donors (Lipinski definition) is 1. The SMILES string of the molecule is Fc1cccc(C2=NC3CCCCC3N2)c1CCc1cc(Br)cc2ccsc12. The quantitative estimate of drug-likeness (QED) is 0.492. The van der Waals surface area contributed by atoms with E-state index in [1.165, 1.54) is 28.5 Å². The maximum atomic E-state index is 14.8. The third-order valence-corrected chi connectivity index (χ3v) is 7.42. The monoisotopic (exact) mass is 456 g/mol. The molecule has 1 aliphatic carbocycles. The zero-order valence-electron chi connectivity index (χ0n) is 15.6. The van der Waals surface area contributed by atoms with E-state index in [0.29, 0.717) is 18.5 Å². The lowest BCUT2D eigenvalue weighted by Crippen LogP contribution is -2.37. The molecule has 2 nitrogen and oxygen atoms in total. The van der Waals surface area contributed by atoms with Crippen molar-refractivity contribution in [2.24, 2.45) is 4.99 Å². The fourth-order valence-electron chi connectivity index (χ4n) is 4.56. The number of aliphatic imine (C=N–C) groups is 1. The van der Waals surface area contributed by atoms with Gasteiger partial charge in [-0.1, -0.05) is 40.9 Å². The lowest BCUT2D eigenvalue weighted by molar-refractivity contribution is 0.385. The van der Waals surface area contributed by atoms with Crippen molar-refractivity contribution >= 4 is 43.2 Å². The molecule has 144 valence electrons. The molecule has 1 N–H and O–H groups in total. The van der Waals surface area contributed by atoms with Crippen molar-refractivity contribution in [3.8, 4) is 0 Å². The van der Waals surface area contributed by atoms with Gasteiger partial charge in [0, 0.05) is 20.8 Å². The standard InChI is InChI=1S/C23H22BrFN2S/c24-16-12-14(22-15(13-16)10-11-28-22)8-9-17-18(4-3-5-19(17)25)23-26-20-6-1-2-7-21(20)27-23/h3-5,10-13,20-21H,1-2,6-9H2,(H,26,27). The molecule has 2 atom stereocenters. The first-order valence-corrected chi connectivity index (χ1v) is 11.6. The van der Waals surface area contributed by atoms with E-state index in [9.17, 15) is 4.39 Å². The summed E-state index contributed by atoms with van der Waals surface area (Å²) >= 11 is 5.37. The maximum Gasteiger partial charge on any atom is 0.129 e. The van der Waals surface area contributed by atoms with Crippen molar-refractivity contribution in [1.82, 2.24) is 5.32 Å². The molecular weight excluding hydrogens is 435 g/mol. The molecule has 1 aromatic heterocycles. The van der Waals surface area contributed by atoms with Crippen molar-refractivity contribution in [3.05, 3.63) is 68.8 Å². The molecule has 2 aliphatic rings. The first kappa shape index (κ1) is 18.3. The molecule has 0 bridgehead atoms. The number of nitrogens with one attached hydrogen (secondary N) is 1. The van der Waals surface area contributed by atoms with Crippen LogP contribution in [-0.4, -0.2) is 17.9 Å². The molecule has 3 aromatic rings. The number of benzene rings is 2. The number of hydrogen-bond acceptors (Lipinski definition) is 3. The minimum absolute atomic E-state index is 0.130. The smallest absolute Gasteiger partial charge is 0.129 e. The summed E-state index contributed by atoms with van der Waals surface area (Å²) in [7, 11) is 0. The van der Waals surface area contributed by atoms with E-state index < -0.39 is 0 Å². The van der Waals surface area contributed by atoms with Crippen LogP contribution in [0.15, 0.2) is 51.2 Å². The highest BCUT2D eigenvalue weighted by Crippen LogP contribution is 2.31. The number of fused-ring (bicyclic) bond motifs is 2. The molecule has 0 amide bonds. The minimum atomic E-state index is -0.130. The van der Waals surface area contributed by atoms with Gasteiger partial charge in [0.1, 0.15) is 11.7 Å². The van der Waals surface area contributed by atoms with Gasteiger partial charge in [0.05, 0.1) is 6.04 Å². The number of aryl methyl sites for hydroxylation is 1. The fourth-order valence-corrected chi connectivity index (χ4v) is 6.01. The van der Waals surface area contributed by atoms with E-state index in [-0.39, 0.29) is 5.82 Å². The molecule has 1 aliphatic heterocycles. The molecule has 0 spiro atoms. The van der Waals surface area contributed by atoms with Gasteiger partial charge in [-0.05, 0) is 71.8 Å². The minimum Gasteiger partial charge on any atom is -0.365 e. The molecule has 28 heavy (non-hydrogen) atoms. The van der Waals surface area contributed by atoms with Gasteiger partial charge in [0.15, 0.2) is 0 Å². The predicted octanol–water partition coefficient (Wildman–Crippen LogP) is 6.25. The van der Waals surface area contributed by atoms with Gasteiger partial charge in [0.2, 0.25) is 0 Å². The summed E-state index contributed by atoms with van der Waals surface area (Å²) < 4.78 is 17.2. The van der Waals surface area contributed by atoms with Crippen molar-refractivity contribution in [2.75, 3.05) is 0 Å². The summed E-state index contributed by atoms with van der Waals surface area (Å²) in [6.07, 6.45) is 6.28. The first-order chi connectivity index (χ1) is 13.7. The summed E-state index contributed by atoms with van der Waals surface area (Å²) in [5, 5.41) is 6.95. The second-order valence-corrected chi connectivity index (χ2v) is 9.58. The largest absolute Gasteiger partial charge is 0.365 e. The maximum absolute atomic E-state index is 14.8. The van der Waals surface area contributed by atoms with Crippen LogP contribution in [0, 0.1) is 5.82 Å². The molecule has 5 rings (SSSR count). The van der Waals surface area contributed by atoms with Gasteiger partial charge in [-0.15, -0.1) is 11.3 Å². The number of nitrogens with zero attached hydrogens (tertiary/aromatic N) is 1. The predicted molar refractivity (Wildman–Crippen MR) is 119 cm³/mol. The second-order valence-electron chi connectivity index (χ2n) is 7.75. The second kappa shape index (κ2) is 7.60. The number of rotatable bonds is 4. The Kier molecular flexibility index (Phi) is 4.97. The Morgan fingerprint density at radius 2 is 2.04 bits per heavy atom. The Morgan fingerprint density at radius 1 is 1.14 bits per heavy atom. The van der Waals surface area contributed by atoms with E-state index in [2.05, 4.69) is 44.8 Å². The van der Waals surface area contributed by atoms with Crippen LogP contribution >= 0.6 is 27.3 Å². The highest BCUT2D eigenvalue weighted by molar-refractivity contribution is 9.10. The molecular formula is C23H22BrFN2S. The zero-order valence-corrected chi connectivity index (χ0v) is 18.0. The molecule has 0 radical (unpaired) electrons. The van der Waals surface area contributed by atoms with E-state index in [0.717, 1.165) is 40.7 Å². The average molecular weight is 457 g/mol.